The lowest BCUT2D eigenvalue weighted by Crippen LogP contribution is -2.38. The third kappa shape index (κ3) is 3.72. The highest BCUT2D eigenvalue weighted by atomic mass is 32.2. The number of benzene rings is 1. The van der Waals surface area contributed by atoms with Gasteiger partial charge in [-0.15, -0.1) is 11.8 Å². The number of thioether (sulfide) groups is 1. The molecule has 26 heavy (non-hydrogen) atoms. The molecule has 0 radical (unpaired) electrons. The predicted molar refractivity (Wildman–Crippen MR) is 96.4 cm³/mol. The number of hydrogen-bond donors (Lipinski definition) is 1. The van der Waals surface area contributed by atoms with Gasteiger partial charge in [-0.3, -0.25) is 9.78 Å². The van der Waals surface area contributed by atoms with Gasteiger partial charge in [-0.1, -0.05) is 26.0 Å². The molecular weight excluding hydrogens is 361 g/mol. The molecule has 1 N–H and O–H groups in total. The van der Waals surface area contributed by atoms with E-state index in [-0.39, 0.29) is 5.91 Å². The van der Waals surface area contributed by atoms with Crippen molar-refractivity contribution >= 4 is 17.7 Å². The molecule has 7 heteroatoms. The Morgan fingerprint density at radius 3 is 2.46 bits per heavy atom. The van der Waals surface area contributed by atoms with Gasteiger partial charge in [-0.25, -0.2) is 0 Å². The van der Waals surface area contributed by atoms with E-state index < -0.39 is 16.6 Å². The van der Waals surface area contributed by atoms with E-state index in [0.717, 1.165) is 23.3 Å². The Kier molecular flexibility index (Phi) is 5.01. The number of pyridine rings is 1. The van der Waals surface area contributed by atoms with Gasteiger partial charge in [0.05, 0.1) is 11.3 Å². The Labute approximate surface area is 154 Å². The smallest absolute Gasteiger partial charge is 0.337 e. The average Bonchev–Trinajstić information content (AvgIpc) is 2.95. The van der Waals surface area contributed by atoms with Crippen LogP contribution in [0.25, 0.3) is 11.1 Å². The SMILES string of the molecule is CC(C)CC1(c2cnccc2-c2ccc(C(F)(F)F)cc2)NC(=O)CS1. The van der Waals surface area contributed by atoms with Crippen LogP contribution < -0.4 is 5.32 Å². The molecule has 2 heterocycles. The minimum absolute atomic E-state index is 0.0436. The zero-order valence-electron chi connectivity index (χ0n) is 14.4. The molecule has 1 aliphatic heterocycles. The summed E-state index contributed by atoms with van der Waals surface area (Å²) < 4.78 is 38.5. The zero-order chi connectivity index (χ0) is 18.9. The van der Waals surface area contributed by atoms with Crippen molar-refractivity contribution in [2.24, 2.45) is 5.92 Å². The van der Waals surface area contributed by atoms with Crippen LogP contribution in [-0.4, -0.2) is 16.6 Å². The number of nitrogens with zero attached hydrogens (tertiary/aromatic N) is 1. The maximum Gasteiger partial charge on any atom is 0.416 e. The molecular formula is C19H19F3N2OS. The first kappa shape index (κ1) is 18.8. The molecule has 0 bridgehead atoms. The first-order valence-corrected chi connectivity index (χ1v) is 9.27. The van der Waals surface area contributed by atoms with Crippen molar-refractivity contribution < 1.29 is 18.0 Å². The molecule has 0 saturated carbocycles. The molecule has 0 spiro atoms. The Bertz CT molecular complexity index is 805. The van der Waals surface area contributed by atoms with Crippen LogP contribution in [0.4, 0.5) is 13.2 Å². The highest BCUT2D eigenvalue weighted by molar-refractivity contribution is 8.01. The molecule has 2 aromatic rings. The van der Waals surface area contributed by atoms with Crippen LogP contribution in [-0.2, 0) is 15.8 Å². The number of amides is 1. The second-order valence-corrected chi connectivity index (χ2v) is 8.03. The first-order chi connectivity index (χ1) is 12.2. The van der Waals surface area contributed by atoms with Crippen LogP contribution in [0, 0.1) is 5.92 Å². The molecule has 1 unspecified atom stereocenters. The number of aromatic nitrogens is 1. The van der Waals surface area contributed by atoms with E-state index in [9.17, 15) is 18.0 Å². The summed E-state index contributed by atoms with van der Waals surface area (Å²) in [6.45, 7) is 4.14. The molecule has 1 fully saturated rings. The second kappa shape index (κ2) is 6.95. The lowest BCUT2D eigenvalue weighted by molar-refractivity contribution is -0.137. The standard InChI is InChI=1S/C19H19F3N2OS/c1-12(2)9-18(24-17(25)11-26-18)16-10-23-8-7-15(16)13-3-5-14(6-4-13)19(20,21)22/h3-8,10,12H,9,11H2,1-2H3,(H,24,25). The fraction of sp³-hybridized carbons (Fsp3) is 0.368. The van der Waals surface area contributed by atoms with Crippen LogP contribution in [0.5, 0.6) is 0 Å². The van der Waals surface area contributed by atoms with E-state index in [1.807, 2.05) is 0 Å². The Morgan fingerprint density at radius 2 is 1.92 bits per heavy atom. The van der Waals surface area contributed by atoms with E-state index in [1.54, 1.807) is 18.5 Å². The van der Waals surface area contributed by atoms with Crippen molar-refractivity contribution in [2.45, 2.75) is 31.3 Å². The number of nitrogens with one attached hydrogen (secondary N) is 1. The molecule has 138 valence electrons. The Hall–Kier alpha value is -2.02. The van der Waals surface area contributed by atoms with Crippen molar-refractivity contribution in [3.05, 3.63) is 53.9 Å². The third-order valence-electron chi connectivity index (χ3n) is 4.27. The predicted octanol–water partition coefficient (Wildman–Crippen LogP) is 4.83. The summed E-state index contributed by atoms with van der Waals surface area (Å²) in [6.07, 6.45) is -0.342. The fourth-order valence-corrected chi connectivity index (χ4v) is 4.64. The number of carbonyl (C=O) groups excluding carboxylic acids is 1. The van der Waals surface area contributed by atoms with Gasteiger partial charge in [0.2, 0.25) is 5.91 Å². The molecule has 1 aromatic carbocycles. The van der Waals surface area contributed by atoms with Crippen molar-refractivity contribution in [1.82, 2.24) is 10.3 Å². The zero-order valence-corrected chi connectivity index (χ0v) is 15.2. The van der Waals surface area contributed by atoms with Gasteiger partial charge in [0.25, 0.3) is 0 Å². The van der Waals surface area contributed by atoms with Gasteiger partial charge in [-0.05, 0) is 41.7 Å². The molecule has 1 aliphatic rings. The minimum Gasteiger partial charge on any atom is -0.337 e. The maximum atomic E-state index is 12.8. The van der Waals surface area contributed by atoms with Gasteiger partial charge in [0, 0.05) is 18.0 Å². The van der Waals surface area contributed by atoms with Crippen molar-refractivity contribution in [2.75, 3.05) is 5.75 Å². The van der Waals surface area contributed by atoms with Crippen LogP contribution in [0.1, 0.15) is 31.4 Å². The average molecular weight is 380 g/mol. The maximum absolute atomic E-state index is 12.8. The molecule has 1 atom stereocenters. The van der Waals surface area contributed by atoms with Gasteiger partial charge >= 0.3 is 6.18 Å². The van der Waals surface area contributed by atoms with Gasteiger partial charge < -0.3 is 5.32 Å². The highest BCUT2D eigenvalue weighted by Crippen LogP contribution is 2.46. The van der Waals surface area contributed by atoms with Crippen LogP contribution in [0.2, 0.25) is 0 Å². The first-order valence-electron chi connectivity index (χ1n) is 8.28. The van der Waals surface area contributed by atoms with Gasteiger partial charge in [-0.2, -0.15) is 13.2 Å². The summed E-state index contributed by atoms with van der Waals surface area (Å²) in [5.74, 6) is 0.632. The Balaban J connectivity index is 2.06. The number of hydrogen-bond acceptors (Lipinski definition) is 3. The number of halogens is 3. The van der Waals surface area contributed by atoms with E-state index >= 15 is 0 Å². The van der Waals surface area contributed by atoms with Crippen molar-refractivity contribution in [3.8, 4) is 11.1 Å². The normalized spacial score (nSPS) is 20.5. The molecule has 0 aliphatic carbocycles. The monoisotopic (exact) mass is 380 g/mol. The van der Waals surface area contributed by atoms with Crippen molar-refractivity contribution in [1.29, 1.82) is 0 Å². The fourth-order valence-electron chi connectivity index (χ4n) is 3.23. The van der Waals surface area contributed by atoms with Crippen LogP contribution in [0.3, 0.4) is 0 Å². The van der Waals surface area contributed by atoms with Crippen LogP contribution >= 0.6 is 11.8 Å². The second-order valence-electron chi connectivity index (χ2n) is 6.76. The summed E-state index contributed by atoms with van der Waals surface area (Å²) >= 11 is 1.51. The van der Waals surface area contributed by atoms with E-state index in [1.165, 1.54) is 23.9 Å². The third-order valence-corrected chi connectivity index (χ3v) is 5.65. The summed E-state index contributed by atoms with van der Waals surface area (Å²) in [4.78, 5) is 15.5. The summed E-state index contributed by atoms with van der Waals surface area (Å²) in [7, 11) is 0. The van der Waals surface area contributed by atoms with Gasteiger partial charge in [0.1, 0.15) is 4.87 Å². The van der Waals surface area contributed by atoms with E-state index in [2.05, 4.69) is 24.1 Å². The molecule has 1 saturated heterocycles. The summed E-state index contributed by atoms with van der Waals surface area (Å²) in [6, 6.07) is 6.87. The van der Waals surface area contributed by atoms with E-state index in [0.29, 0.717) is 23.7 Å². The minimum atomic E-state index is -4.37. The highest BCUT2D eigenvalue weighted by Gasteiger charge is 2.42. The van der Waals surface area contributed by atoms with Crippen molar-refractivity contribution in [3.63, 3.8) is 0 Å². The number of alkyl halides is 3. The lowest BCUT2D eigenvalue weighted by Gasteiger charge is -2.32. The largest absolute Gasteiger partial charge is 0.416 e. The quantitative estimate of drug-likeness (QED) is 0.826. The lowest BCUT2D eigenvalue weighted by atomic mass is 9.90. The molecule has 3 rings (SSSR count). The van der Waals surface area contributed by atoms with E-state index in [4.69, 9.17) is 0 Å². The summed E-state index contributed by atoms with van der Waals surface area (Å²) in [5.41, 5.74) is 1.59. The molecule has 1 amide bonds. The molecule has 1 aromatic heterocycles. The van der Waals surface area contributed by atoms with Gasteiger partial charge in [0.15, 0.2) is 0 Å². The molecule has 3 nitrogen and oxygen atoms in total. The Morgan fingerprint density at radius 1 is 1.23 bits per heavy atom. The number of rotatable bonds is 4. The summed E-state index contributed by atoms with van der Waals surface area (Å²) in [5, 5.41) is 3.06. The van der Waals surface area contributed by atoms with Crippen LogP contribution in [0.15, 0.2) is 42.7 Å². The topological polar surface area (TPSA) is 42.0 Å². The number of carbonyl (C=O) groups is 1.